The lowest BCUT2D eigenvalue weighted by Gasteiger charge is -2.10. The van der Waals surface area contributed by atoms with E-state index < -0.39 is 0 Å². The average molecular weight is 144 g/mol. The van der Waals surface area contributed by atoms with Crippen molar-refractivity contribution in [2.24, 2.45) is 11.8 Å². The van der Waals surface area contributed by atoms with Gasteiger partial charge in [-0.1, -0.05) is 13.8 Å². The van der Waals surface area contributed by atoms with E-state index >= 15 is 0 Å². The number of cyclic esters (lactones) is 1. The van der Waals surface area contributed by atoms with Crippen LogP contribution in [0.5, 0.6) is 0 Å². The average Bonchev–Trinajstić information content (AvgIpc) is 2.17. The summed E-state index contributed by atoms with van der Waals surface area (Å²) in [5, 5.41) is 8.69. The summed E-state index contributed by atoms with van der Waals surface area (Å²) in [6.45, 7) is 3.68. The van der Waals surface area contributed by atoms with Crippen molar-refractivity contribution in [2.45, 2.75) is 20.0 Å². The summed E-state index contributed by atoms with van der Waals surface area (Å²) in [5.41, 5.74) is 0. The van der Waals surface area contributed by atoms with Gasteiger partial charge in [0.25, 0.3) is 0 Å². The lowest BCUT2D eigenvalue weighted by Crippen LogP contribution is -2.19. The van der Waals surface area contributed by atoms with E-state index in [-0.39, 0.29) is 30.5 Å². The van der Waals surface area contributed by atoms with Crippen LogP contribution >= 0.6 is 0 Å². The van der Waals surface area contributed by atoms with Gasteiger partial charge < -0.3 is 9.84 Å². The first-order chi connectivity index (χ1) is 4.66. The molecule has 0 aromatic heterocycles. The molecule has 0 aliphatic carbocycles. The molecule has 1 heterocycles. The number of ether oxygens (including phenoxy) is 1. The van der Waals surface area contributed by atoms with Crippen LogP contribution in [0.3, 0.4) is 0 Å². The SMILES string of the molecule is CC1C(=O)O[C@@H](CO)C1C. The minimum Gasteiger partial charge on any atom is -0.459 e. The Balaban J connectivity index is 2.61. The molecule has 3 atom stereocenters. The molecule has 0 spiro atoms. The Morgan fingerprint density at radius 1 is 1.60 bits per heavy atom. The molecule has 0 bridgehead atoms. The van der Waals surface area contributed by atoms with E-state index in [1.54, 1.807) is 0 Å². The Kier molecular flexibility index (Phi) is 1.94. The number of rotatable bonds is 1. The molecule has 10 heavy (non-hydrogen) atoms. The zero-order chi connectivity index (χ0) is 7.72. The second-order valence-corrected chi connectivity index (χ2v) is 2.81. The van der Waals surface area contributed by atoms with Gasteiger partial charge in [0.1, 0.15) is 6.10 Å². The van der Waals surface area contributed by atoms with E-state index in [9.17, 15) is 4.79 Å². The third-order valence-corrected chi connectivity index (χ3v) is 2.19. The minimum atomic E-state index is -0.275. The van der Waals surface area contributed by atoms with Crippen LogP contribution in [0, 0.1) is 11.8 Å². The standard InChI is InChI=1S/C7H12O3/c1-4-5(2)7(9)10-6(4)3-8/h4-6,8H,3H2,1-2H3/t4?,5?,6-/m0/s1. The Bertz CT molecular complexity index is 144. The van der Waals surface area contributed by atoms with Crippen LogP contribution < -0.4 is 0 Å². The quantitative estimate of drug-likeness (QED) is 0.534. The molecule has 3 nitrogen and oxygen atoms in total. The van der Waals surface area contributed by atoms with Crippen molar-refractivity contribution in [3.8, 4) is 0 Å². The third kappa shape index (κ3) is 1.01. The number of aliphatic hydroxyl groups excluding tert-OH is 1. The first kappa shape index (κ1) is 7.54. The van der Waals surface area contributed by atoms with Gasteiger partial charge >= 0.3 is 5.97 Å². The summed E-state index contributed by atoms with van der Waals surface area (Å²) in [6.07, 6.45) is -0.275. The van der Waals surface area contributed by atoms with Gasteiger partial charge in [0.2, 0.25) is 0 Å². The van der Waals surface area contributed by atoms with E-state index in [1.165, 1.54) is 0 Å². The first-order valence-electron chi connectivity index (χ1n) is 3.48. The lowest BCUT2D eigenvalue weighted by molar-refractivity contribution is -0.145. The van der Waals surface area contributed by atoms with Crippen molar-refractivity contribution in [3.63, 3.8) is 0 Å². The van der Waals surface area contributed by atoms with Crippen molar-refractivity contribution in [1.29, 1.82) is 0 Å². The van der Waals surface area contributed by atoms with Gasteiger partial charge in [-0.05, 0) is 0 Å². The molecule has 1 aliphatic heterocycles. The molecule has 3 heteroatoms. The molecule has 0 aromatic rings. The predicted molar refractivity (Wildman–Crippen MR) is 35.3 cm³/mol. The molecule has 0 radical (unpaired) electrons. The highest BCUT2D eigenvalue weighted by atomic mass is 16.6. The van der Waals surface area contributed by atoms with Crippen LogP contribution in [0.25, 0.3) is 0 Å². The molecule has 0 amide bonds. The largest absolute Gasteiger partial charge is 0.459 e. The van der Waals surface area contributed by atoms with E-state index in [0.717, 1.165) is 0 Å². The molecular weight excluding hydrogens is 132 g/mol. The molecule has 1 aliphatic rings. The molecule has 1 saturated heterocycles. The van der Waals surface area contributed by atoms with Crippen LogP contribution in [0.2, 0.25) is 0 Å². The summed E-state index contributed by atoms with van der Waals surface area (Å²) >= 11 is 0. The molecule has 58 valence electrons. The maximum absolute atomic E-state index is 10.8. The van der Waals surface area contributed by atoms with E-state index in [0.29, 0.717) is 0 Å². The van der Waals surface area contributed by atoms with Gasteiger partial charge in [-0.25, -0.2) is 0 Å². The van der Waals surface area contributed by atoms with Crippen molar-refractivity contribution in [3.05, 3.63) is 0 Å². The normalized spacial score (nSPS) is 39.9. The maximum atomic E-state index is 10.8. The van der Waals surface area contributed by atoms with Crippen molar-refractivity contribution in [2.75, 3.05) is 6.61 Å². The topological polar surface area (TPSA) is 46.5 Å². The molecule has 1 rings (SSSR count). The molecule has 2 unspecified atom stereocenters. The fraction of sp³-hybridized carbons (Fsp3) is 0.857. The van der Waals surface area contributed by atoms with E-state index in [1.807, 2.05) is 13.8 Å². The zero-order valence-corrected chi connectivity index (χ0v) is 6.20. The molecule has 0 aromatic carbocycles. The Hall–Kier alpha value is -0.570. The van der Waals surface area contributed by atoms with E-state index in [4.69, 9.17) is 9.84 Å². The number of carbonyl (C=O) groups is 1. The summed E-state index contributed by atoms with van der Waals surface area (Å²) in [4.78, 5) is 10.8. The second kappa shape index (κ2) is 2.58. The summed E-state index contributed by atoms with van der Waals surface area (Å²) in [5.74, 6) is -0.0961. The van der Waals surface area contributed by atoms with Gasteiger partial charge in [0, 0.05) is 5.92 Å². The maximum Gasteiger partial charge on any atom is 0.309 e. The van der Waals surface area contributed by atoms with Crippen LogP contribution in [-0.2, 0) is 9.53 Å². The Morgan fingerprint density at radius 2 is 2.20 bits per heavy atom. The van der Waals surface area contributed by atoms with Gasteiger partial charge in [0.05, 0.1) is 12.5 Å². The zero-order valence-electron chi connectivity index (χ0n) is 6.20. The van der Waals surface area contributed by atoms with Gasteiger partial charge in [-0.15, -0.1) is 0 Å². The first-order valence-corrected chi connectivity index (χ1v) is 3.48. The van der Waals surface area contributed by atoms with Gasteiger partial charge in [-0.2, -0.15) is 0 Å². The number of carbonyl (C=O) groups excluding carboxylic acids is 1. The van der Waals surface area contributed by atoms with Crippen LogP contribution in [0.4, 0.5) is 0 Å². The fourth-order valence-electron chi connectivity index (χ4n) is 1.10. The van der Waals surface area contributed by atoms with Crippen molar-refractivity contribution >= 4 is 5.97 Å². The number of hydrogen-bond donors (Lipinski definition) is 1. The summed E-state index contributed by atoms with van der Waals surface area (Å²) in [6, 6.07) is 0. The lowest BCUT2D eigenvalue weighted by atomic mass is 9.95. The Labute approximate surface area is 60.0 Å². The summed E-state index contributed by atoms with van der Waals surface area (Å²) < 4.78 is 4.85. The van der Waals surface area contributed by atoms with Crippen molar-refractivity contribution < 1.29 is 14.6 Å². The molecule has 1 fully saturated rings. The molecule has 0 saturated carbocycles. The minimum absolute atomic E-state index is 0.0582. The summed E-state index contributed by atoms with van der Waals surface area (Å²) in [7, 11) is 0. The predicted octanol–water partition coefficient (Wildman–Crippen LogP) is 0.176. The van der Waals surface area contributed by atoms with Gasteiger partial charge in [0.15, 0.2) is 0 Å². The fourth-order valence-corrected chi connectivity index (χ4v) is 1.10. The van der Waals surface area contributed by atoms with Crippen LogP contribution in [-0.4, -0.2) is 23.8 Å². The number of esters is 1. The molecule has 1 N–H and O–H groups in total. The highest BCUT2D eigenvalue weighted by Gasteiger charge is 2.37. The monoisotopic (exact) mass is 144 g/mol. The Morgan fingerprint density at radius 3 is 2.40 bits per heavy atom. The van der Waals surface area contributed by atoms with Crippen molar-refractivity contribution in [1.82, 2.24) is 0 Å². The van der Waals surface area contributed by atoms with E-state index in [2.05, 4.69) is 0 Å². The number of aliphatic hydroxyl groups is 1. The number of hydrogen-bond acceptors (Lipinski definition) is 3. The molecular formula is C7H12O3. The second-order valence-electron chi connectivity index (χ2n) is 2.81. The van der Waals surface area contributed by atoms with Crippen LogP contribution in [0.1, 0.15) is 13.8 Å². The van der Waals surface area contributed by atoms with Crippen LogP contribution in [0.15, 0.2) is 0 Å². The third-order valence-electron chi connectivity index (χ3n) is 2.19. The smallest absolute Gasteiger partial charge is 0.309 e. The van der Waals surface area contributed by atoms with Gasteiger partial charge in [-0.3, -0.25) is 4.79 Å². The highest BCUT2D eigenvalue weighted by Crippen LogP contribution is 2.26. The highest BCUT2D eigenvalue weighted by molar-refractivity contribution is 5.74.